The lowest BCUT2D eigenvalue weighted by atomic mass is 10.1. The van der Waals surface area contributed by atoms with Gasteiger partial charge in [-0.3, -0.25) is 4.79 Å². The van der Waals surface area contributed by atoms with E-state index in [4.69, 9.17) is 5.73 Å². The quantitative estimate of drug-likeness (QED) is 0.869. The molecule has 0 aliphatic heterocycles. The lowest BCUT2D eigenvalue weighted by Gasteiger charge is -2.28. The Labute approximate surface area is 116 Å². The Hall–Kier alpha value is -1.03. The SMILES string of the molecule is CCN(C(=O)c1cc(Br)ccc1N)C1CCCC1. The molecule has 0 atom stereocenters. The first-order valence-electron chi connectivity index (χ1n) is 6.49. The number of rotatable bonds is 3. The molecule has 4 heteroatoms. The summed E-state index contributed by atoms with van der Waals surface area (Å²) in [6, 6.07) is 5.84. The maximum absolute atomic E-state index is 12.6. The number of carbonyl (C=O) groups is 1. The number of benzene rings is 1. The molecule has 0 radical (unpaired) electrons. The zero-order valence-electron chi connectivity index (χ0n) is 10.7. The summed E-state index contributed by atoms with van der Waals surface area (Å²) in [5, 5.41) is 0. The number of carbonyl (C=O) groups excluding carboxylic acids is 1. The number of hydrogen-bond acceptors (Lipinski definition) is 2. The van der Waals surface area contributed by atoms with Crippen LogP contribution in [0.3, 0.4) is 0 Å². The van der Waals surface area contributed by atoms with Crippen LogP contribution < -0.4 is 5.73 Å². The minimum atomic E-state index is 0.0585. The van der Waals surface area contributed by atoms with E-state index in [1.807, 2.05) is 24.0 Å². The molecule has 1 fully saturated rings. The molecule has 0 heterocycles. The molecule has 0 saturated heterocycles. The number of hydrogen-bond donors (Lipinski definition) is 1. The van der Waals surface area contributed by atoms with E-state index in [2.05, 4.69) is 15.9 Å². The van der Waals surface area contributed by atoms with Crippen LogP contribution >= 0.6 is 15.9 Å². The van der Waals surface area contributed by atoms with Gasteiger partial charge in [-0.15, -0.1) is 0 Å². The molecule has 1 aliphatic carbocycles. The lowest BCUT2D eigenvalue weighted by molar-refractivity contribution is 0.0694. The molecule has 18 heavy (non-hydrogen) atoms. The predicted octanol–water partition coefficient (Wildman–Crippen LogP) is 3.44. The summed E-state index contributed by atoms with van der Waals surface area (Å²) in [4.78, 5) is 14.5. The molecule has 0 bridgehead atoms. The third-order valence-electron chi connectivity index (χ3n) is 3.61. The third kappa shape index (κ3) is 2.69. The molecular weight excluding hydrogens is 292 g/mol. The van der Waals surface area contributed by atoms with Crippen LogP contribution in [0.5, 0.6) is 0 Å². The van der Waals surface area contributed by atoms with Gasteiger partial charge < -0.3 is 10.6 Å². The van der Waals surface area contributed by atoms with Crippen molar-refractivity contribution in [3.05, 3.63) is 28.2 Å². The van der Waals surface area contributed by atoms with E-state index >= 15 is 0 Å². The van der Waals surface area contributed by atoms with Gasteiger partial charge in [0.2, 0.25) is 0 Å². The second kappa shape index (κ2) is 5.74. The minimum absolute atomic E-state index is 0.0585. The first-order chi connectivity index (χ1) is 8.63. The summed E-state index contributed by atoms with van der Waals surface area (Å²) in [5.41, 5.74) is 7.08. The maximum atomic E-state index is 12.6. The van der Waals surface area contributed by atoms with Crippen LogP contribution in [0.1, 0.15) is 43.0 Å². The fourth-order valence-corrected chi connectivity index (χ4v) is 3.01. The molecule has 98 valence electrons. The molecule has 1 aromatic carbocycles. The van der Waals surface area contributed by atoms with Gasteiger partial charge in [-0.05, 0) is 38.0 Å². The van der Waals surface area contributed by atoms with Crippen molar-refractivity contribution < 1.29 is 4.79 Å². The van der Waals surface area contributed by atoms with Crippen LogP contribution in [0.25, 0.3) is 0 Å². The number of amides is 1. The topological polar surface area (TPSA) is 46.3 Å². The van der Waals surface area contributed by atoms with Gasteiger partial charge in [-0.25, -0.2) is 0 Å². The first kappa shape index (κ1) is 13.4. The Balaban J connectivity index is 2.25. The summed E-state index contributed by atoms with van der Waals surface area (Å²) in [7, 11) is 0. The van der Waals surface area contributed by atoms with Crippen LogP contribution in [-0.2, 0) is 0 Å². The van der Waals surface area contributed by atoms with E-state index in [1.165, 1.54) is 12.8 Å². The molecule has 0 aromatic heterocycles. The van der Waals surface area contributed by atoms with E-state index in [1.54, 1.807) is 6.07 Å². The van der Waals surface area contributed by atoms with Gasteiger partial charge in [0.15, 0.2) is 0 Å². The van der Waals surface area contributed by atoms with Gasteiger partial charge in [0.25, 0.3) is 5.91 Å². The Morgan fingerprint density at radius 1 is 1.44 bits per heavy atom. The van der Waals surface area contributed by atoms with E-state index in [0.29, 0.717) is 17.3 Å². The maximum Gasteiger partial charge on any atom is 0.256 e. The third-order valence-corrected chi connectivity index (χ3v) is 4.11. The number of nitrogens with two attached hydrogens (primary N) is 1. The molecule has 2 N–H and O–H groups in total. The number of anilines is 1. The molecule has 0 unspecified atom stereocenters. The number of nitrogens with zero attached hydrogens (tertiary/aromatic N) is 1. The Kier molecular flexibility index (Phi) is 4.27. The first-order valence-corrected chi connectivity index (χ1v) is 7.28. The van der Waals surface area contributed by atoms with Crippen molar-refractivity contribution in [1.29, 1.82) is 0 Å². The van der Waals surface area contributed by atoms with Gasteiger partial charge in [0, 0.05) is 22.7 Å². The normalized spacial score (nSPS) is 15.9. The largest absolute Gasteiger partial charge is 0.398 e. The van der Waals surface area contributed by atoms with Gasteiger partial charge in [-0.2, -0.15) is 0 Å². The van der Waals surface area contributed by atoms with E-state index < -0.39 is 0 Å². The highest BCUT2D eigenvalue weighted by Crippen LogP contribution is 2.27. The van der Waals surface area contributed by atoms with Crippen molar-refractivity contribution >= 4 is 27.5 Å². The summed E-state index contributed by atoms with van der Waals surface area (Å²) in [6.07, 6.45) is 4.69. The minimum Gasteiger partial charge on any atom is -0.398 e. The van der Waals surface area contributed by atoms with Gasteiger partial charge in [0.05, 0.1) is 5.56 Å². The van der Waals surface area contributed by atoms with Crippen molar-refractivity contribution in [2.75, 3.05) is 12.3 Å². The molecular formula is C14H19BrN2O. The average Bonchev–Trinajstić information content (AvgIpc) is 2.87. The summed E-state index contributed by atoms with van der Waals surface area (Å²) in [5.74, 6) is 0.0585. The Morgan fingerprint density at radius 3 is 2.72 bits per heavy atom. The second-order valence-corrected chi connectivity index (χ2v) is 5.68. The highest BCUT2D eigenvalue weighted by Gasteiger charge is 2.27. The summed E-state index contributed by atoms with van der Waals surface area (Å²) in [6.45, 7) is 2.78. The molecule has 1 aliphatic rings. The van der Waals surface area contributed by atoms with E-state index in [-0.39, 0.29) is 5.91 Å². The molecule has 2 rings (SSSR count). The van der Waals surface area contributed by atoms with E-state index in [0.717, 1.165) is 23.9 Å². The molecule has 1 saturated carbocycles. The zero-order valence-corrected chi connectivity index (χ0v) is 12.2. The van der Waals surface area contributed by atoms with Gasteiger partial charge in [0.1, 0.15) is 0 Å². The Morgan fingerprint density at radius 2 is 2.11 bits per heavy atom. The van der Waals surface area contributed by atoms with E-state index in [9.17, 15) is 4.79 Å². The fraction of sp³-hybridized carbons (Fsp3) is 0.500. The van der Waals surface area contributed by atoms with Gasteiger partial charge in [-0.1, -0.05) is 28.8 Å². The van der Waals surface area contributed by atoms with Crippen LogP contribution in [-0.4, -0.2) is 23.4 Å². The smallest absolute Gasteiger partial charge is 0.256 e. The van der Waals surface area contributed by atoms with Crippen LogP contribution in [0.4, 0.5) is 5.69 Å². The molecule has 0 spiro atoms. The van der Waals surface area contributed by atoms with Crippen LogP contribution in [0.2, 0.25) is 0 Å². The monoisotopic (exact) mass is 310 g/mol. The highest BCUT2D eigenvalue weighted by molar-refractivity contribution is 9.10. The van der Waals surface area contributed by atoms with Gasteiger partial charge >= 0.3 is 0 Å². The van der Waals surface area contributed by atoms with Crippen LogP contribution in [0.15, 0.2) is 22.7 Å². The Bertz CT molecular complexity index is 441. The van der Waals surface area contributed by atoms with Crippen molar-refractivity contribution in [3.8, 4) is 0 Å². The predicted molar refractivity (Wildman–Crippen MR) is 77.5 cm³/mol. The molecule has 1 amide bonds. The van der Waals surface area contributed by atoms with Crippen molar-refractivity contribution in [3.63, 3.8) is 0 Å². The average molecular weight is 311 g/mol. The highest BCUT2D eigenvalue weighted by atomic mass is 79.9. The molecule has 1 aromatic rings. The second-order valence-electron chi connectivity index (χ2n) is 4.76. The number of halogens is 1. The van der Waals surface area contributed by atoms with Crippen molar-refractivity contribution in [2.24, 2.45) is 0 Å². The summed E-state index contributed by atoms with van der Waals surface area (Å²) >= 11 is 3.39. The zero-order chi connectivity index (χ0) is 13.1. The number of nitrogen functional groups attached to an aromatic ring is 1. The summed E-state index contributed by atoms with van der Waals surface area (Å²) < 4.78 is 0.891. The lowest BCUT2D eigenvalue weighted by Crippen LogP contribution is -2.38. The van der Waals surface area contributed by atoms with Crippen molar-refractivity contribution in [1.82, 2.24) is 4.90 Å². The fourth-order valence-electron chi connectivity index (χ4n) is 2.65. The standard InChI is InChI=1S/C14H19BrN2O/c1-2-17(11-5-3-4-6-11)14(18)12-9-10(15)7-8-13(12)16/h7-9,11H,2-6,16H2,1H3. The van der Waals surface area contributed by atoms with Crippen molar-refractivity contribution in [2.45, 2.75) is 38.6 Å². The molecule has 3 nitrogen and oxygen atoms in total. The van der Waals surface area contributed by atoms with Crippen LogP contribution in [0, 0.1) is 0 Å².